The van der Waals surface area contributed by atoms with Crippen LogP contribution in [0.15, 0.2) is 0 Å². The van der Waals surface area contributed by atoms with E-state index in [2.05, 4.69) is 10.6 Å². The van der Waals surface area contributed by atoms with E-state index in [1.165, 1.54) is 12.8 Å². The highest BCUT2D eigenvalue weighted by Crippen LogP contribution is 2.30. The summed E-state index contributed by atoms with van der Waals surface area (Å²) in [5.74, 6) is 0.0191. The van der Waals surface area contributed by atoms with Crippen molar-refractivity contribution < 1.29 is 9.90 Å². The van der Waals surface area contributed by atoms with Gasteiger partial charge in [0.1, 0.15) is 0 Å². The number of hydrogen-bond acceptors (Lipinski definition) is 3. The zero-order valence-corrected chi connectivity index (χ0v) is 8.38. The van der Waals surface area contributed by atoms with Gasteiger partial charge in [-0.2, -0.15) is 0 Å². The predicted molar refractivity (Wildman–Crippen MR) is 52.8 cm³/mol. The summed E-state index contributed by atoms with van der Waals surface area (Å²) < 4.78 is 0. The smallest absolute Gasteiger partial charge is 0.234 e. The maximum Gasteiger partial charge on any atom is 0.234 e. The molecule has 2 rings (SSSR count). The quantitative estimate of drug-likeness (QED) is 0.572. The molecule has 2 fully saturated rings. The molecule has 4 heteroatoms. The molecule has 2 aliphatic carbocycles. The number of rotatable bonds is 5. The first-order chi connectivity index (χ1) is 6.74. The van der Waals surface area contributed by atoms with Crippen molar-refractivity contribution in [3.05, 3.63) is 0 Å². The monoisotopic (exact) mass is 198 g/mol. The third kappa shape index (κ3) is 2.25. The molecule has 0 heterocycles. The molecule has 2 aliphatic rings. The highest BCUT2D eigenvalue weighted by molar-refractivity contribution is 5.79. The minimum atomic E-state index is -0.289. The van der Waals surface area contributed by atoms with Crippen LogP contribution in [-0.2, 0) is 4.79 Å². The minimum absolute atomic E-state index is 0.0191. The number of nitrogens with one attached hydrogen (secondary N) is 2. The Balaban J connectivity index is 1.69. The van der Waals surface area contributed by atoms with Crippen LogP contribution in [0.3, 0.4) is 0 Å². The van der Waals surface area contributed by atoms with Crippen LogP contribution in [0.4, 0.5) is 0 Å². The lowest BCUT2D eigenvalue weighted by molar-refractivity contribution is -0.124. The van der Waals surface area contributed by atoms with Crippen molar-refractivity contribution in [1.29, 1.82) is 0 Å². The standard InChI is InChI=1S/C10H18N2O2/c13-7-10(4-1-5-10)12-9(14)6-11-8-2-3-8/h8,11,13H,1-7H2,(H,12,14). The van der Waals surface area contributed by atoms with Gasteiger partial charge in [-0.25, -0.2) is 0 Å². The van der Waals surface area contributed by atoms with Crippen molar-refractivity contribution in [2.45, 2.75) is 43.7 Å². The largest absolute Gasteiger partial charge is 0.394 e. The van der Waals surface area contributed by atoms with Gasteiger partial charge in [0.2, 0.25) is 5.91 Å². The first kappa shape index (κ1) is 9.93. The van der Waals surface area contributed by atoms with E-state index < -0.39 is 0 Å². The molecule has 0 bridgehead atoms. The second kappa shape index (κ2) is 3.87. The minimum Gasteiger partial charge on any atom is -0.394 e. The van der Waals surface area contributed by atoms with Crippen LogP contribution in [0, 0.1) is 0 Å². The average molecular weight is 198 g/mol. The molecule has 2 saturated carbocycles. The van der Waals surface area contributed by atoms with Crippen LogP contribution in [-0.4, -0.2) is 35.7 Å². The SMILES string of the molecule is O=C(CNC1CC1)NC1(CO)CCC1. The average Bonchev–Trinajstić information content (AvgIpc) is 2.91. The number of aliphatic hydroxyl groups excluding tert-OH is 1. The summed E-state index contributed by atoms with van der Waals surface area (Å²) in [7, 11) is 0. The highest BCUT2D eigenvalue weighted by Gasteiger charge is 2.37. The summed E-state index contributed by atoms with van der Waals surface area (Å²) in [6.45, 7) is 0.467. The summed E-state index contributed by atoms with van der Waals surface area (Å²) in [4.78, 5) is 11.5. The van der Waals surface area contributed by atoms with Crippen molar-refractivity contribution in [3.63, 3.8) is 0 Å². The molecule has 0 aromatic heterocycles. The number of aliphatic hydroxyl groups is 1. The van der Waals surface area contributed by atoms with E-state index in [1.54, 1.807) is 0 Å². The van der Waals surface area contributed by atoms with Crippen molar-refractivity contribution in [2.75, 3.05) is 13.2 Å². The van der Waals surface area contributed by atoms with Crippen molar-refractivity contribution in [3.8, 4) is 0 Å². The molecular weight excluding hydrogens is 180 g/mol. The van der Waals surface area contributed by atoms with Gasteiger partial charge in [0.05, 0.1) is 18.7 Å². The van der Waals surface area contributed by atoms with E-state index in [-0.39, 0.29) is 18.1 Å². The summed E-state index contributed by atoms with van der Waals surface area (Å²) in [5.41, 5.74) is -0.289. The molecule has 1 amide bonds. The van der Waals surface area contributed by atoms with Crippen molar-refractivity contribution in [1.82, 2.24) is 10.6 Å². The zero-order valence-electron chi connectivity index (χ0n) is 8.38. The fourth-order valence-corrected chi connectivity index (χ4v) is 1.79. The van der Waals surface area contributed by atoms with E-state index in [1.807, 2.05) is 0 Å². The molecule has 0 aromatic rings. The Hall–Kier alpha value is -0.610. The third-order valence-corrected chi connectivity index (χ3v) is 3.15. The molecular formula is C10H18N2O2. The first-order valence-electron chi connectivity index (χ1n) is 5.39. The summed E-state index contributed by atoms with van der Waals surface area (Å²) in [6.07, 6.45) is 5.32. The van der Waals surface area contributed by atoms with Gasteiger partial charge in [-0.1, -0.05) is 0 Å². The Morgan fingerprint density at radius 2 is 2.14 bits per heavy atom. The van der Waals surface area contributed by atoms with Gasteiger partial charge in [-0.15, -0.1) is 0 Å². The van der Waals surface area contributed by atoms with Gasteiger partial charge in [-0.3, -0.25) is 4.79 Å². The number of amides is 1. The molecule has 0 radical (unpaired) electrons. The number of carbonyl (C=O) groups excluding carboxylic acids is 1. The van der Waals surface area contributed by atoms with E-state index in [9.17, 15) is 4.79 Å². The van der Waals surface area contributed by atoms with Gasteiger partial charge in [0.15, 0.2) is 0 Å². The second-order valence-corrected chi connectivity index (χ2v) is 4.50. The Kier molecular flexibility index (Phi) is 2.74. The van der Waals surface area contributed by atoms with E-state index in [0.717, 1.165) is 19.3 Å². The van der Waals surface area contributed by atoms with Crippen molar-refractivity contribution in [2.24, 2.45) is 0 Å². The summed E-state index contributed by atoms with van der Waals surface area (Å²) in [6, 6.07) is 0.562. The second-order valence-electron chi connectivity index (χ2n) is 4.50. The Morgan fingerprint density at radius 3 is 2.57 bits per heavy atom. The van der Waals surface area contributed by atoms with Crippen molar-refractivity contribution >= 4 is 5.91 Å². The van der Waals surface area contributed by atoms with Gasteiger partial charge >= 0.3 is 0 Å². The third-order valence-electron chi connectivity index (χ3n) is 3.15. The van der Waals surface area contributed by atoms with Crippen LogP contribution in [0.1, 0.15) is 32.1 Å². The fraction of sp³-hybridized carbons (Fsp3) is 0.900. The normalized spacial score (nSPS) is 24.1. The summed E-state index contributed by atoms with van der Waals surface area (Å²) >= 11 is 0. The van der Waals surface area contributed by atoms with Gasteiger partial charge in [0.25, 0.3) is 0 Å². The molecule has 0 spiro atoms. The first-order valence-corrected chi connectivity index (χ1v) is 5.39. The lowest BCUT2D eigenvalue weighted by atomic mass is 9.77. The maximum atomic E-state index is 11.5. The maximum absolute atomic E-state index is 11.5. The molecule has 0 aliphatic heterocycles. The predicted octanol–water partition coefficient (Wildman–Crippen LogP) is -0.230. The van der Waals surface area contributed by atoms with Crippen LogP contribution in [0.5, 0.6) is 0 Å². The van der Waals surface area contributed by atoms with Crippen LogP contribution < -0.4 is 10.6 Å². The summed E-state index contributed by atoms with van der Waals surface area (Å²) in [5, 5.41) is 15.2. The fourth-order valence-electron chi connectivity index (χ4n) is 1.79. The van der Waals surface area contributed by atoms with E-state index in [0.29, 0.717) is 12.6 Å². The Bertz CT molecular complexity index is 217. The molecule has 80 valence electrons. The highest BCUT2D eigenvalue weighted by atomic mass is 16.3. The van der Waals surface area contributed by atoms with Gasteiger partial charge in [0, 0.05) is 6.04 Å². The molecule has 0 unspecified atom stereocenters. The topological polar surface area (TPSA) is 61.4 Å². The van der Waals surface area contributed by atoms with Crippen LogP contribution in [0.25, 0.3) is 0 Å². The lowest BCUT2D eigenvalue weighted by Crippen LogP contribution is -2.57. The lowest BCUT2D eigenvalue weighted by Gasteiger charge is -2.41. The molecule has 3 N–H and O–H groups in total. The Labute approximate surface area is 84.1 Å². The number of hydrogen-bond donors (Lipinski definition) is 3. The molecule has 4 nitrogen and oxygen atoms in total. The van der Waals surface area contributed by atoms with Crippen LogP contribution in [0.2, 0.25) is 0 Å². The number of carbonyl (C=O) groups is 1. The molecule has 14 heavy (non-hydrogen) atoms. The van der Waals surface area contributed by atoms with Gasteiger partial charge in [-0.05, 0) is 32.1 Å². The molecule has 0 saturated heterocycles. The molecule has 0 aromatic carbocycles. The van der Waals surface area contributed by atoms with E-state index >= 15 is 0 Å². The molecule has 0 atom stereocenters. The van der Waals surface area contributed by atoms with Crippen LogP contribution >= 0.6 is 0 Å². The Morgan fingerprint density at radius 1 is 1.43 bits per heavy atom. The van der Waals surface area contributed by atoms with Gasteiger partial charge < -0.3 is 15.7 Å². The zero-order chi connectivity index (χ0) is 10.0. The van der Waals surface area contributed by atoms with E-state index in [4.69, 9.17) is 5.11 Å².